The molecule has 0 spiro atoms. The van der Waals surface area contributed by atoms with Gasteiger partial charge < -0.3 is 14.6 Å². The van der Waals surface area contributed by atoms with E-state index in [1.165, 1.54) is 11.6 Å². The topological polar surface area (TPSA) is 45.3 Å². The van der Waals surface area contributed by atoms with Gasteiger partial charge in [0.2, 0.25) is 0 Å². The van der Waals surface area contributed by atoms with Crippen LogP contribution in [0.5, 0.6) is 5.75 Å². The largest absolute Gasteiger partial charge is 0.493 e. The maximum absolute atomic E-state index is 11.7. The number of likely N-dealkylation sites (tertiary alicyclic amines) is 1. The number of aromatic amines is 1. The van der Waals surface area contributed by atoms with Crippen molar-refractivity contribution in [3.63, 3.8) is 0 Å². The Balaban J connectivity index is 1.56. The molecule has 1 saturated heterocycles. The molecule has 1 fully saturated rings. The van der Waals surface area contributed by atoms with Gasteiger partial charge in [-0.15, -0.1) is 0 Å². The van der Waals surface area contributed by atoms with E-state index in [0.717, 1.165) is 49.8 Å². The lowest BCUT2D eigenvalue weighted by atomic mass is 10.1. The molecule has 0 radical (unpaired) electrons. The minimum atomic E-state index is -0.122. The lowest BCUT2D eigenvalue weighted by Crippen LogP contribution is -2.32. The number of piperidine rings is 1. The standard InChI is InChI=1S/C18H22N2O2/c1-14-7-10-20(11-8-14)9-4-12-22-17-13-18(21)19-16-6-3-2-5-15(16)17/h2-3,5-6,13H,1,4,7-12H2,(H,19,21). The van der Waals surface area contributed by atoms with Gasteiger partial charge in [0.15, 0.2) is 0 Å². The summed E-state index contributed by atoms with van der Waals surface area (Å²) < 4.78 is 5.85. The van der Waals surface area contributed by atoms with E-state index in [-0.39, 0.29) is 5.56 Å². The van der Waals surface area contributed by atoms with E-state index in [4.69, 9.17) is 4.74 Å². The van der Waals surface area contributed by atoms with Gasteiger partial charge in [0, 0.05) is 31.1 Å². The minimum absolute atomic E-state index is 0.122. The van der Waals surface area contributed by atoms with E-state index in [1.54, 1.807) is 0 Å². The smallest absolute Gasteiger partial charge is 0.252 e. The van der Waals surface area contributed by atoms with Crippen LogP contribution in [0.25, 0.3) is 10.9 Å². The van der Waals surface area contributed by atoms with Crippen LogP contribution < -0.4 is 10.3 Å². The summed E-state index contributed by atoms with van der Waals surface area (Å²) in [6.45, 7) is 7.91. The number of fused-ring (bicyclic) bond motifs is 1. The van der Waals surface area contributed by atoms with Gasteiger partial charge in [0.05, 0.1) is 12.1 Å². The molecule has 0 amide bonds. The predicted molar refractivity (Wildman–Crippen MR) is 89.5 cm³/mol. The maximum atomic E-state index is 11.7. The Morgan fingerprint density at radius 3 is 2.82 bits per heavy atom. The molecule has 0 aliphatic carbocycles. The van der Waals surface area contributed by atoms with Crippen molar-refractivity contribution in [2.45, 2.75) is 19.3 Å². The average Bonchev–Trinajstić information content (AvgIpc) is 2.53. The van der Waals surface area contributed by atoms with Crippen molar-refractivity contribution in [2.75, 3.05) is 26.2 Å². The minimum Gasteiger partial charge on any atom is -0.493 e. The average molecular weight is 298 g/mol. The van der Waals surface area contributed by atoms with Crippen molar-refractivity contribution >= 4 is 10.9 Å². The SMILES string of the molecule is C=C1CCN(CCCOc2cc(=O)[nH]c3ccccc23)CC1. The Labute approximate surface area is 130 Å². The van der Waals surface area contributed by atoms with Gasteiger partial charge >= 0.3 is 0 Å². The number of benzene rings is 1. The molecule has 1 aliphatic rings. The van der Waals surface area contributed by atoms with Crippen LogP contribution in [0.2, 0.25) is 0 Å². The number of rotatable bonds is 5. The van der Waals surface area contributed by atoms with Gasteiger partial charge in [-0.1, -0.05) is 24.3 Å². The Kier molecular flexibility index (Phi) is 4.59. The zero-order valence-electron chi connectivity index (χ0n) is 12.8. The van der Waals surface area contributed by atoms with Gasteiger partial charge in [0.25, 0.3) is 5.56 Å². The van der Waals surface area contributed by atoms with Gasteiger partial charge in [-0.2, -0.15) is 0 Å². The molecule has 0 bridgehead atoms. The summed E-state index contributed by atoms with van der Waals surface area (Å²) in [5.41, 5.74) is 2.06. The number of para-hydroxylation sites is 1. The van der Waals surface area contributed by atoms with E-state index in [0.29, 0.717) is 12.4 Å². The van der Waals surface area contributed by atoms with Gasteiger partial charge in [0.1, 0.15) is 5.75 Å². The number of nitrogens with zero attached hydrogens (tertiary/aromatic N) is 1. The highest BCUT2D eigenvalue weighted by Gasteiger charge is 2.12. The third-order valence-electron chi connectivity index (χ3n) is 4.15. The fourth-order valence-electron chi connectivity index (χ4n) is 2.86. The number of pyridine rings is 1. The molecule has 4 heteroatoms. The van der Waals surface area contributed by atoms with Crippen molar-refractivity contribution in [3.8, 4) is 5.75 Å². The van der Waals surface area contributed by atoms with Gasteiger partial charge in [-0.25, -0.2) is 0 Å². The molecule has 0 saturated carbocycles. The van der Waals surface area contributed by atoms with Gasteiger partial charge in [-0.05, 0) is 31.4 Å². The van der Waals surface area contributed by atoms with Crippen molar-refractivity contribution in [1.82, 2.24) is 9.88 Å². The molecular formula is C18H22N2O2. The summed E-state index contributed by atoms with van der Waals surface area (Å²) in [4.78, 5) is 16.9. The summed E-state index contributed by atoms with van der Waals surface area (Å²) in [7, 11) is 0. The second kappa shape index (κ2) is 6.79. The number of H-pyrrole nitrogens is 1. The molecule has 0 atom stereocenters. The second-order valence-corrected chi connectivity index (χ2v) is 5.84. The highest BCUT2D eigenvalue weighted by molar-refractivity contribution is 5.84. The van der Waals surface area contributed by atoms with Crippen molar-refractivity contribution in [3.05, 3.63) is 52.8 Å². The quantitative estimate of drug-likeness (QED) is 0.682. The molecular weight excluding hydrogens is 276 g/mol. The Hall–Kier alpha value is -2.07. The molecule has 1 aromatic carbocycles. The molecule has 2 heterocycles. The summed E-state index contributed by atoms with van der Waals surface area (Å²) in [5, 5.41) is 0.955. The Morgan fingerprint density at radius 2 is 2.00 bits per heavy atom. The van der Waals surface area contributed by atoms with E-state index in [9.17, 15) is 4.79 Å². The van der Waals surface area contributed by atoms with Crippen LogP contribution in [-0.2, 0) is 0 Å². The van der Waals surface area contributed by atoms with Crippen molar-refractivity contribution < 1.29 is 4.74 Å². The molecule has 3 rings (SSSR count). The number of ether oxygens (including phenoxy) is 1. The van der Waals surface area contributed by atoms with Crippen LogP contribution in [0.4, 0.5) is 0 Å². The lowest BCUT2D eigenvalue weighted by Gasteiger charge is -2.27. The van der Waals surface area contributed by atoms with Crippen LogP contribution in [0.1, 0.15) is 19.3 Å². The molecule has 116 valence electrons. The molecule has 1 N–H and O–H groups in total. The highest BCUT2D eigenvalue weighted by Crippen LogP contribution is 2.22. The summed E-state index contributed by atoms with van der Waals surface area (Å²) in [6.07, 6.45) is 3.19. The number of aromatic nitrogens is 1. The fourth-order valence-corrected chi connectivity index (χ4v) is 2.86. The first kappa shape index (κ1) is 14.9. The van der Waals surface area contributed by atoms with Crippen molar-refractivity contribution in [1.29, 1.82) is 0 Å². The van der Waals surface area contributed by atoms with Crippen LogP contribution in [0.3, 0.4) is 0 Å². The monoisotopic (exact) mass is 298 g/mol. The first-order chi connectivity index (χ1) is 10.7. The second-order valence-electron chi connectivity index (χ2n) is 5.84. The highest BCUT2D eigenvalue weighted by atomic mass is 16.5. The van der Waals surface area contributed by atoms with E-state index < -0.39 is 0 Å². The zero-order valence-corrected chi connectivity index (χ0v) is 12.8. The molecule has 4 nitrogen and oxygen atoms in total. The number of nitrogens with one attached hydrogen (secondary N) is 1. The number of hydrogen-bond donors (Lipinski definition) is 1. The Morgan fingerprint density at radius 1 is 1.23 bits per heavy atom. The van der Waals surface area contributed by atoms with Crippen LogP contribution in [0, 0.1) is 0 Å². The van der Waals surface area contributed by atoms with E-state index in [2.05, 4.69) is 16.5 Å². The molecule has 0 unspecified atom stereocenters. The third-order valence-corrected chi connectivity index (χ3v) is 4.15. The molecule has 22 heavy (non-hydrogen) atoms. The number of hydrogen-bond acceptors (Lipinski definition) is 3. The van der Waals surface area contributed by atoms with Crippen LogP contribution in [0.15, 0.2) is 47.3 Å². The first-order valence-corrected chi connectivity index (χ1v) is 7.86. The zero-order chi connectivity index (χ0) is 15.4. The first-order valence-electron chi connectivity index (χ1n) is 7.86. The van der Waals surface area contributed by atoms with Crippen molar-refractivity contribution in [2.24, 2.45) is 0 Å². The third kappa shape index (κ3) is 3.57. The van der Waals surface area contributed by atoms with E-state index in [1.807, 2.05) is 24.3 Å². The molecule has 1 aliphatic heterocycles. The summed E-state index contributed by atoms with van der Waals surface area (Å²) >= 11 is 0. The van der Waals surface area contributed by atoms with Gasteiger partial charge in [-0.3, -0.25) is 4.79 Å². The normalized spacial score (nSPS) is 16.1. The molecule has 2 aromatic rings. The predicted octanol–water partition coefficient (Wildman–Crippen LogP) is 2.95. The fraction of sp³-hybridized carbons (Fsp3) is 0.389. The summed E-state index contributed by atoms with van der Waals surface area (Å²) in [5.74, 6) is 0.673. The van der Waals surface area contributed by atoms with E-state index >= 15 is 0 Å². The maximum Gasteiger partial charge on any atom is 0.252 e. The van der Waals surface area contributed by atoms with Crippen LogP contribution >= 0.6 is 0 Å². The summed E-state index contributed by atoms with van der Waals surface area (Å²) in [6, 6.07) is 9.26. The van der Waals surface area contributed by atoms with Crippen LogP contribution in [-0.4, -0.2) is 36.1 Å². The Bertz CT molecular complexity index is 710. The molecule has 1 aromatic heterocycles. The lowest BCUT2D eigenvalue weighted by molar-refractivity contribution is 0.224.